The molecular weight excluding hydrogens is 408 g/mol. The lowest BCUT2D eigenvalue weighted by molar-refractivity contribution is -0.122. The third-order valence-electron chi connectivity index (χ3n) is 4.53. The number of methoxy groups -OCH3 is 1. The fraction of sp³-hybridized carbons (Fsp3) is 0.190. The first-order valence-electron chi connectivity index (χ1n) is 9.13. The Morgan fingerprint density at radius 2 is 1.87 bits per heavy atom. The molecule has 2 aliphatic heterocycles. The minimum Gasteiger partial charge on any atom is -0.496 e. The molecule has 2 heterocycles. The third kappa shape index (κ3) is 3.55. The van der Waals surface area contributed by atoms with Crippen LogP contribution >= 0.6 is 12.2 Å². The van der Waals surface area contributed by atoms with Crippen LogP contribution in [0.1, 0.15) is 12.5 Å². The molecule has 30 heavy (non-hydrogen) atoms. The van der Waals surface area contributed by atoms with E-state index in [-0.39, 0.29) is 17.5 Å². The number of hydrogen-bond donors (Lipinski definition) is 1. The molecule has 0 saturated carbocycles. The van der Waals surface area contributed by atoms with Gasteiger partial charge in [-0.2, -0.15) is 0 Å². The van der Waals surface area contributed by atoms with Crippen LogP contribution in [0, 0.1) is 0 Å². The van der Waals surface area contributed by atoms with Crippen molar-refractivity contribution in [3.8, 4) is 23.0 Å². The lowest BCUT2D eigenvalue weighted by atomic mass is 10.1. The number of benzene rings is 2. The molecule has 0 atom stereocenters. The number of hydrogen-bond acceptors (Lipinski definition) is 7. The smallest absolute Gasteiger partial charge is 0.270 e. The molecule has 2 aliphatic rings. The molecule has 1 N–H and O–H groups in total. The Morgan fingerprint density at radius 1 is 1.17 bits per heavy atom. The Labute approximate surface area is 178 Å². The minimum absolute atomic E-state index is 0.00367. The molecule has 8 nitrogen and oxygen atoms in total. The fourth-order valence-electron chi connectivity index (χ4n) is 3.13. The topological polar surface area (TPSA) is 86.3 Å². The number of amides is 2. The largest absolute Gasteiger partial charge is 0.496 e. The molecule has 0 spiro atoms. The van der Waals surface area contributed by atoms with Crippen LogP contribution in [-0.2, 0) is 9.59 Å². The molecule has 154 valence electrons. The number of fused-ring (bicyclic) bond motifs is 1. The highest BCUT2D eigenvalue weighted by Crippen LogP contribution is 2.39. The molecule has 9 heteroatoms. The van der Waals surface area contributed by atoms with E-state index in [9.17, 15) is 9.59 Å². The van der Waals surface area contributed by atoms with E-state index in [1.54, 1.807) is 36.4 Å². The molecule has 0 bridgehead atoms. The third-order valence-corrected chi connectivity index (χ3v) is 4.82. The van der Waals surface area contributed by atoms with Gasteiger partial charge in [-0.3, -0.25) is 19.8 Å². The molecular formula is C21H18N2O6S. The summed E-state index contributed by atoms with van der Waals surface area (Å²) >= 11 is 5.23. The van der Waals surface area contributed by atoms with E-state index in [2.05, 4.69) is 5.32 Å². The summed E-state index contributed by atoms with van der Waals surface area (Å²) in [6.07, 6.45) is 1.45. The Bertz CT molecular complexity index is 1060. The second-order valence-corrected chi connectivity index (χ2v) is 6.72. The zero-order valence-electron chi connectivity index (χ0n) is 16.3. The maximum absolute atomic E-state index is 13.2. The second-order valence-electron chi connectivity index (χ2n) is 6.33. The Kier molecular flexibility index (Phi) is 5.28. The van der Waals surface area contributed by atoms with E-state index in [4.69, 9.17) is 31.2 Å². The number of anilines is 1. The van der Waals surface area contributed by atoms with Crippen LogP contribution in [-0.4, -0.2) is 37.4 Å². The van der Waals surface area contributed by atoms with E-state index in [1.807, 2.05) is 6.92 Å². The summed E-state index contributed by atoms with van der Waals surface area (Å²) in [6.45, 7) is 2.51. The number of carbonyl (C=O) groups is 2. The average molecular weight is 426 g/mol. The van der Waals surface area contributed by atoms with E-state index in [1.165, 1.54) is 18.1 Å². The maximum Gasteiger partial charge on any atom is 0.270 e. The number of nitrogens with one attached hydrogen (secondary N) is 1. The van der Waals surface area contributed by atoms with Gasteiger partial charge in [0.15, 0.2) is 16.6 Å². The number of ether oxygens (including phenoxy) is 4. The summed E-state index contributed by atoms with van der Waals surface area (Å²) in [7, 11) is 1.49. The number of thiocarbonyl (C=S) groups is 1. The molecule has 0 aliphatic carbocycles. The number of carbonyl (C=O) groups excluding carboxylic acids is 2. The number of nitrogens with zero attached hydrogens (tertiary/aromatic N) is 1. The molecule has 0 unspecified atom stereocenters. The summed E-state index contributed by atoms with van der Waals surface area (Å²) in [4.78, 5) is 27.0. The maximum atomic E-state index is 13.2. The molecule has 0 radical (unpaired) electrons. The van der Waals surface area contributed by atoms with Crippen LogP contribution in [0.15, 0.2) is 42.0 Å². The van der Waals surface area contributed by atoms with Crippen molar-refractivity contribution >= 4 is 40.9 Å². The summed E-state index contributed by atoms with van der Waals surface area (Å²) in [5.41, 5.74) is 0.923. The first-order valence-corrected chi connectivity index (χ1v) is 9.54. The molecule has 4 rings (SSSR count). The SMILES string of the molecule is CCOc1ccc(N2C(=O)C(=Cc3cc4c(cc3OC)OCO4)C(=O)NC2=S)cc1. The first kappa shape index (κ1) is 19.7. The summed E-state index contributed by atoms with van der Waals surface area (Å²) < 4.78 is 21.5. The van der Waals surface area contributed by atoms with Crippen molar-refractivity contribution in [2.45, 2.75) is 6.92 Å². The van der Waals surface area contributed by atoms with Gasteiger partial charge < -0.3 is 18.9 Å². The standard InChI is InChI=1S/C21H18N2O6S/c1-3-27-14-6-4-13(5-7-14)23-20(25)15(19(24)22-21(23)30)8-12-9-17-18(29-11-28-17)10-16(12)26-2/h4-10H,3,11H2,1-2H3,(H,22,24,30). The van der Waals surface area contributed by atoms with Crippen LogP contribution in [0.25, 0.3) is 6.08 Å². The van der Waals surface area contributed by atoms with Crippen molar-refractivity contribution in [3.63, 3.8) is 0 Å². The molecule has 2 aromatic rings. The van der Waals surface area contributed by atoms with Gasteiger partial charge in [0.25, 0.3) is 11.8 Å². The number of rotatable bonds is 5. The molecule has 0 aromatic heterocycles. The summed E-state index contributed by atoms with van der Waals surface area (Å²) in [5, 5.41) is 2.56. The van der Waals surface area contributed by atoms with Crippen molar-refractivity contribution < 1.29 is 28.5 Å². The van der Waals surface area contributed by atoms with Gasteiger partial charge in [0.2, 0.25) is 6.79 Å². The van der Waals surface area contributed by atoms with Gasteiger partial charge in [-0.15, -0.1) is 0 Å². The van der Waals surface area contributed by atoms with Crippen LogP contribution < -0.4 is 29.2 Å². The zero-order chi connectivity index (χ0) is 21.3. The summed E-state index contributed by atoms with van der Waals surface area (Å²) in [5.74, 6) is 1.00. The van der Waals surface area contributed by atoms with Crippen LogP contribution in [0.2, 0.25) is 0 Å². The highest BCUT2D eigenvalue weighted by atomic mass is 32.1. The van der Waals surface area contributed by atoms with Gasteiger partial charge in [-0.05, 0) is 55.5 Å². The monoisotopic (exact) mass is 426 g/mol. The van der Waals surface area contributed by atoms with Crippen LogP contribution in [0.3, 0.4) is 0 Å². The Balaban J connectivity index is 1.71. The van der Waals surface area contributed by atoms with Crippen molar-refractivity contribution in [2.24, 2.45) is 0 Å². The lowest BCUT2D eigenvalue weighted by Crippen LogP contribution is -2.54. The van der Waals surface area contributed by atoms with Gasteiger partial charge in [0.05, 0.1) is 19.4 Å². The van der Waals surface area contributed by atoms with Crippen molar-refractivity contribution in [2.75, 3.05) is 25.4 Å². The van der Waals surface area contributed by atoms with Gasteiger partial charge >= 0.3 is 0 Å². The van der Waals surface area contributed by atoms with Crippen molar-refractivity contribution in [1.29, 1.82) is 0 Å². The van der Waals surface area contributed by atoms with Crippen LogP contribution in [0.4, 0.5) is 5.69 Å². The molecule has 1 fully saturated rings. The molecule has 1 saturated heterocycles. The van der Waals surface area contributed by atoms with Gasteiger partial charge in [-0.25, -0.2) is 0 Å². The predicted molar refractivity (Wildman–Crippen MR) is 113 cm³/mol. The van der Waals surface area contributed by atoms with E-state index in [0.717, 1.165) is 0 Å². The van der Waals surface area contributed by atoms with Crippen molar-refractivity contribution in [3.05, 3.63) is 47.5 Å². The zero-order valence-corrected chi connectivity index (χ0v) is 17.1. The highest BCUT2D eigenvalue weighted by molar-refractivity contribution is 7.80. The summed E-state index contributed by atoms with van der Waals surface area (Å²) in [6, 6.07) is 10.2. The van der Waals surface area contributed by atoms with E-state index >= 15 is 0 Å². The fourth-order valence-corrected chi connectivity index (χ4v) is 3.42. The minimum atomic E-state index is -0.591. The highest BCUT2D eigenvalue weighted by Gasteiger charge is 2.35. The van der Waals surface area contributed by atoms with Crippen LogP contribution in [0.5, 0.6) is 23.0 Å². The first-order chi connectivity index (χ1) is 14.5. The lowest BCUT2D eigenvalue weighted by Gasteiger charge is -2.29. The molecule has 2 amide bonds. The Hall–Kier alpha value is -3.59. The van der Waals surface area contributed by atoms with Crippen molar-refractivity contribution in [1.82, 2.24) is 5.32 Å². The van der Waals surface area contributed by atoms with Gasteiger partial charge in [0.1, 0.15) is 17.1 Å². The normalized spacial score (nSPS) is 16.7. The quantitative estimate of drug-likeness (QED) is 0.447. The predicted octanol–water partition coefficient (Wildman–Crippen LogP) is 2.65. The van der Waals surface area contributed by atoms with E-state index < -0.39 is 11.8 Å². The van der Waals surface area contributed by atoms with Gasteiger partial charge in [-0.1, -0.05) is 0 Å². The molecule has 2 aromatic carbocycles. The van der Waals surface area contributed by atoms with E-state index in [0.29, 0.717) is 40.9 Å². The second kappa shape index (κ2) is 8.03. The average Bonchev–Trinajstić information content (AvgIpc) is 3.19. The van der Waals surface area contributed by atoms with Gasteiger partial charge in [0, 0.05) is 11.6 Å². The Morgan fingerprint density at radius 3 is 2.53 bits per heavy atom.